The van der Waals surface area contributed by atoms with Crippen molar-refractivity contribution in [1.82, 2.24) is 15.3 Å². The molecule has 2 rings (SSSR count). The van der Waals surface area contributed by atoms with Gasteiger partial charge in [-0.3, -0.25) is 9.59 Å². The van der Waals surface area contributed by atoms with E-state index in [-0.39, 0.29) is 11.6 Å². The molecule has 1 aromatic rings. The zero-order valence-electron chi connectivity index (χ0n) is 11.0. The normalized spacial score (nSPS) is 17.4. The third-order valence-electron chi connectivity index (χ3n) is 3.58. The van der Waals surface area contributed by atoms with Crippen molar-refractivity contribution in [2.75, 3.05) is 0 Å². The third-order valence-corrected chi connectivity index (χ3v) is 3.58. The van der Waals surface area contributed by atoms with Crippen LogP contribution in [0.1, 0.15) is 42.6 Å². The smallest absolute Gasteiger partial charge is 0.326 e. The summed E-state index contributed by atoms with van der Waals surface area (Å²) in [5.41, 5.74) is -0.407. The molecule has 1 aliphatic carbocycles. The van der Waals surface area contributed by atoms with Crippen LogP contribution in [0, 0.1) is 5.92 Å². The third kappa shape index (κ3) is 3.43. The minimum absolute atomic E-state index is 0.00617. The number of aromatic amines is 1. The molecule has 108 valence electrons. The monoisotopic (exact) mass is 279 g/mol. The number of nitrogens with one attached hydrogen (secondary N) is 2. The number of carbonyl (C=O) groups is 2. The summed E-state index contributed by atoms with van der Waals surface area (Å²) >= 11 is 0. The van der Waals surface area contributed by atoms with Gasteiger partial charge in [-0.05, 0) is 18.8 Å². The van der Waals surface area contributed by atoms with Gasteiger partial charge in [-0.15, -0.1) is 0 Å². The summed E-state index contributed by atoms with van der Waals surface area (Å²) in [4.78, 5) is 40.2. The van der Waals surface area contributed by atoms with Gasteiger partial charge in [0.05, 0.1) is 6.20 Å². The Morgan fingerprint density at radius 3 is 2.60 bits per heavy atom. The summed E-state index contributed by atoms with van der Waals surface area (Å²) in [5.74, 6) is -1.66. The highest BCUT2D eigenvalue weighted by atomic mass is 16.4. The lowest BCUT2D eigenvalue weighted by atomic mass is 9.84. The van der Waals surface area contributed by atoms with Gasteiger partial charge in [-0.2, -0.15) is 0 Å². The second-order valence-electron chi connectivity index (χ2n) is 4.98. The van der Waals surface area contributed by atoms with Crippen molar-refractivity contribution in [3.63, 3.8) is 0 Å². The van der Waals surface area contributed by atoms with Gasteiger partial charge < -0.3 is 15.4 Å². The maximum Gasteiger partial charge on any atom is 0.326 e. The maximum atomic E-state index is 12.0. The zero-order chi connectivity index (χ0) is 14.5. The molecule has 3 N–H and O–H groups in total. The van der Waals surface area contributed by atoms with Gasteiger partial charge in [0.25, 0.3) is 11.5 Å². The van der Waals surface area contributed by atoms with Crippen molar-refractivity contribution in [1.29, 1.82) is 0 Å². The van der Waals surface area contributed by atoms with Gasteiger partial charge in [0.15, 0.2) is 0 Å². The van der Waals surface area contributed by atoms with Crippen LogP contribution in [0.5, 0.6) is 0 Å². The first-order valence-corrected chi connectivity index (χ1v) is 6.66. The molecule has 1 aliphatic rings. The van der Waals surface area contributed by atoms with Gasteiger partial charge in [0.1, 0.15) is 11.7 Å². The molecule has 0 aliphatic heterocycles. The van der Waals surface area contributed by atoms with Crippen LogP contribution in [-0.4, -0.2) is 33.0 Å². The number of hydrogen-bond acceptors (Lipinski definition) is 4. The highest BCUT2D eigenvalue weighted by molar-refractivity contribution is 5.94. The lowest BCUT2D eigenvalue weighted by Gasteiger charge is -2.27. The Kier molecular flexibility index (Phi) is 4.49. The Bertz CT molecular complexity index is 528. The fourth-order valence-electron chi connectivity index (χ4n) is 2.53. The molecular weight excluding hydrogens is 262 g/mol. The predicted molar refractivity (Wildman–Crippen MR) is 70.3 cm³/mol. The van der Waals surface area contributed by atoms with E-state index in [1.165, 1.54) is 6.20 Å². The SMILES string of the molecule is O=C(NC(C(=O)O)C1CCCCC1)c1c[nH]c(=O)cn1. The van der Waals surface area contributed by atoms with Crippen molar-refractivity contribution in [3.8, 4) is 0 Å². The maximum absolute atomic E-state index is 12.0. The fraction of sp³-hybridized carbons (Fsp3) is 0.538. The minimum atomic E-state index is -1.03. The Labute approximate surface area is 115 Å². The molecule has 0 saturated heterocycles. The lowest BCUT2D eigenvalue weighted by molar-refractivity contribution is -0.141. The standard InChI is InChI=1S/C13H17N3O4/c17-10-7-14-9(6-15-10)12(18)16-11(13(19)20)8-4-2-1-3-5-8/h6-8,11H,1-5H2,(H,15,17)(H,16,18)(H,19,20). The van der Waals surface area contributed by atoms with Crippen LogP contribution in [-0.2, 0) is 4.79 Å². The predicted octanol–water partition coefficient (Wildman–Crippen LogP) is 0.533. The molecule has 1 saturated carbocycles. The number of nitrogens with zero attached hydrogens (tertiary/aromatic N) is 1. The summed E-state index contributed by atoms with van der Waals surface area (Å²) in [6, 6.07) is -0.906. The molecule has 20 heavy (non-hydrogen) atoms. The van der Waals surface area contributed by atoms with E-state index in [9.17, 15) is 19.5 Å². The minimum Gasteiger partial charge on any atom is -0.480 e. The van der Waals surface area contributed by atoms with Gasteiger partial charge >= 0.3 is 5.97 Å². The van der Waals surface area contributed by atoms with Crippen LogP contribution in [0.2, 0.25) is 0 Å². The molecule has 7 heteroatoms. The second kappa shape index (κ2) is 6.31. The van der Waals surface area contributed by atoms with E-state index in [1.807, 2.05) is 0 Å². The Hall–Kier alpha value is -2.18. The highest BCUT2D eigenvalue weighted by Gasteiger charge is 2.31. The number of carboxylic acids is 1. The summed E-state index contributed by atoms with van der Waals surface area (Å²) in [5, 5.41) is 11.8. The molecule has 1 unspecified atom stereocenters. The molecule has 0 spiro atoms. The molecule has 1 amide bonds. The number of carboxylic acid groups (broad SMARTS) is 1. The number of rotatable bonds is 4. The first kappa shape index (κ1) is 14.2. The van der Waals surface area contributed by atoms with Gasteiger partial charge in [-0.25, -0.2) is 9.78 Å². The molecular formula is C13H17N3O4. The summed E-state index contributed by atoms with van der Waals surface area (Å²) < 4.78 is 0. The van der Waals surface area contributed by atoms with Gasteiger partial charge in [0, 0.05) is 6.20 Å². The van der Waals surface area contributed by atoms with E-state index in [2.05, 4.69) is 15.3 Å². The molecule has 7 nitrogen and oxygen atoms in total. The van der Waals surface area contributed by atoms with E-state index in [0.29, 0.717) is 0 Å². The summed E-state index contributed by atoms with van der Waals surface area (Å²) in [7, 11) is 0. The molecule has 0 aromatic carbocycles. The number of aromatic nitrogens is 2. The van der Waals surface area contributed by atoms with Gasteiger partial charge in [0.2, 0.25) is 0 Å². The van der Waals surface area contributed by atoms with Gasteiger partial charge in [-0.1, -0.05) is 19.3 Å². The quantitative estimate of drug-likeness (QED) is 0.744. The van der Waals surface area contributed by atoms with Crippen LogP contribution in [0.15, 0.2) is 17.2 Å². The van der Waals surface area contributed by atoms with E-state index in [4.69, 9.17) is 0 Å². The first-order chi connectivity index (χ1) is 9.58. The van der Waals surface area contributed by atoms with Crippen LogP contribution in [0.3, 0.4) is 0 Å². The van der Waals surface area contributed by atoms with Crippen molar-refractivity contribution >= 4 is 11.9 Å². The lowest BCUT2D eigenvalue weighted by Crippen LogP contribution is -2.46. The fourth-order valence-corrected chi connectivity index (χ4v) is 2.53. The van der Waals surface area contributed by atoms with Crippen LogP contribution >= 0.6 is 0 Å². The van der Waals surface area contributed by atoms with Crippen molar-refractivity contribution in [3.05, 3.63) is 28.4 Å². The second-order valence-corrected chi connectivity index (χ2v) is 4.98. The van der Waals surface area contributed by atoms with E-state index < -0.39 is 23.5 Å². The molecule has 0 radical (unpaired) electrons. The summed E-state index contributed by atoms with van der Waals surface area (Å²) in [6.07, 6.45) is 6.86. The Morgan fingerprint density at radius 2 is 2.05 bits per heavy atom. The zero-order valence-corrected chi connectivity index (χ0v) is 11.0. The molecule has 1 heterocycles. The topological polar surface area (TPSA) is 112 Å². The van der Waals surface area contributed by atoms with Crippen molar-refractivity contribution in [2.45, 2.75) is 38.1 Å². The average Bonchev–Trinajstić information content (AvgIpc) is 2.46. The van der Waals surface area contributed by atoms with Crippen LogP contribution in [0.25, 0.3) is 0 Å². The first-order valence-electron chi connectivity index (χ1n) is 6.66. The van der Waals surface area contributed by atoms with Crippen LogP contribution < -0.4 is 10.9 Å². The Balaban J connectivity index is 2.07. The molecule has 1 aromatic heterocycles. The number of carbonyl (C=O) groups excluding carboxylic acids is 1. The number of H-pyrrole nitrogens is 1. The Morgan fingerprint density at radius 1 is 1.35 bits per heavy atom. The number of aliphatic carboxylic acids is 1. The summed E-state index contributed by atoms with van der Waals surface area (Å²) in [6.45, 7) is 0. The van der Waals surface area contributed by atoms with Crippen molar-refractivity contribution < 1.29 is 14.7 Å². The highest BCUT2D eigenvalue weighted by Crippen LogP contribution is 2.26. The molecule has 0 bridgehead atoms. The average molecular weight is 279 g/mol. The van der Waals surface area contributed by atoms with E-state index >= 15 is 0 Å². The van der Waals surface area contributed by atoms with Crippen LogP contribution in [0.4, 0.5) is 0 Å². The molecule has 1 fully saturated rings. The van der Waals surface area contributed by atoms with Crippen molar-refractivity contribution in [2.24, 2.45) is 5.92 Å². The number of hydrogen-bond donors (Lipinski definition) is 3. The van der Waals surface area contributed by atoms with E-state index in [1.54, 1.807) is 0 Å². The largest absolute Gasteiger partial charge is 0.480 e. The molecule has 1 atom stereocenters. The number of amides is 1. The van der Waals surface area contributed by atoms with E-state index in [0.717, 1.165) is 38.3 Å².